The van der Waals surface area contributed by atoms with Crippen LogP contribution < -0.4 is 5.73 Å². The van der Waals surface area contributed by atoms with E-state index in [9.17, 15) is 0 Å². The molecule has 0 unspecified atom stereocenters. The van der Waals surface area contributed by atoms with Gasteiger partial charge in [0.15, 0.2) is 5.82 Å². The van der Waals surface area contributed by atoms with Crippen LogP contribution in [0.4, 0.5) is 0 Å². The van der Waals surface area contributed by atoms with Crippen LogP contribution in [-0.2, 0) is 6.42 Å². The summed E-state index contributed by atoms with van der Waals surface area (Å²) < 4.78 is 2.93. The first-order valence-corrected chi connectivity index (χ1v) is 7.36. The second-order valence-corrected chi connectivity index (χ2v) is 5.88. The Morgan fingerprint density at radius 3 is 2.90 bits per heavy atom. The Kier molecular flexibility index (Phi) is 3.62. The SMILES string of the molecule is NC(=S)Cc1nc2ccccc2n1-c1ncncc1I. The number of aromatic nitrogens is 4. The first kappa shape index (κ1) is 13.4. The molecule has 0 amide bonds. The minimum Gasteiger partial charge on any atom is -0.393 e. The minimum atomic E-state index is 0.408. The highest BCUT2D eigenvalue weighted by Gasteiger charge is 2.15. The monoisotopic (exact) mass is 395 g/mol. The van der Waals surface area contributed by atoms with Crippen LogP contribution in [0.25, 0.3) is 16.9 Å². The molecule has 0 fully saturated rings. The maximum absolute atomic E-state index is 5.67. The van der Waals surface area contributed by atoms with Crippen molar-refractivity contribution in [2.24, 2.45) is 5.73 Å². The number of thiocarbonyl (C=S) groups is 1. The first-order chi connectivity index (χ1) is 9.66. The third-order valence-corrected chi connectivity index (χ3v) is 3.73. The highest BCUT2D eigenvalue weighted by Crippen LogP contribution is 2.23. The van der Waals surface area contributed by atoms with Crippen molar-refractivity contribution in [3.05, 3.63) is 46.2 Å². The van der Waals surface area contributed by atoms with Crippen LogP contribution in [0.2, 0.25) is 0 Å². The predicted octanol–water partition coefficient (Wildman–Crippen LogP) is 2.25. The maximum Gasteiger partial charge on any atom is 0.155 e. The van der Waals surface area contributed by atoms with Gasteiger partial charge in [-0.15, -0.1) is 0 Å². The van der Waals surface area contributed by atoms with E-state index in [-0.39, 0.29) is 0 Å². The molecule has 2 N–H and O–H groups in total. The topological polar surface area (TPSA) is 69.6 Å². The van der Waals surface area contributed by atoms with Crippen molar-refractivity contribution in [3.8, 4) is 5.82 Å². The number of nitrogens with two attached hydrogens (primary N) is 1. The molecule has 0 aliphatic heterocycles. The smallest absolute Gasteiger partial charge is 0.155 e. The molecule has 0 radical (unpaired) electrons. The lowest BCUT2D eigenvalue weighted by Crippen LogP contribution is -2.15. The van der Waals surface area contributed by atoms with E-state index in [1.165, 1.54) is 6.33 Å². The molecule has 20 heavy (non-hydrogen) atoms. The first-order valence-electron chi connectivity index (χ1n) is 5.87. The standard InChI is InChI=1S/C13H10IN5S/c14-8-6-16-7-17-13(8)19-10-4-2-1-3-9(10)18-12(19)5-11(15)20/h1-4,6-7H,5H2,(H2,15,20). The molecule has 1 aromatic carbocycles. The van der Waals surface area contributed by atoms with Gasteiger partial charge in [-0.3, -0.25) is 4.57 Å². The fraction of sp³-hybridized carbons (Fsp3) is 0.0769. The van der Waals surface area contributed by atoms with Crippen molar-refractivity contribution in [3.63, 3.8) is 0 Å². The van der Waals surface area contributed by atoms with Gasteiger partial charge in [0.25, 0.3) is 0 Å². The number of fused-ring (bicyclic) bond motifs is 1. The average Bonchev–Trinajstić information content (AvgIpc) is 2.76. The van der Waals surface area contributed by atoms with Crippen molar-refractivity contribution in [1.82, 2.24) is 19.5 Å². The van der Waals surface area contributed by atoms with Crippen molar-refractivity contribution in [2.45, 2.75) is 6.42 Å². The molecule has 100 valence electrons. The second kappa shape index (κ2) is 5.41. The van der Waals surface area contributed by atoms with Gasteiger partial charge in [-0.05, 0) is 34.7 Å². The Bertz CT molecular complexity index is 798. The van der Waals surface area contributed by atoms with E-state index in [1.807, 2.05) is 28.8 Å². The number of nitrogens with zero attached hydrogens (tertiary/aromatic N) is 4. The molecule has 3 aromatic rings. The Hall–Kier alpha value is -1.61. The molecule has 7 heteroatoms. The predicted molar refractivity (Wildman–Crippen MR) is 89.9 cm³/mol. The number of rotatable bonds is 3. The van der Waals surface area contributed by atoms with E-state index in [0.29, 0.717) is 11.4 Å². The summed E-state index contributed by atoms with van der Waals surface area (Å²) in [6.07, 6.45) is 3.73. The van der Waals surface area contributed by atoms with Gasteiger partial charge in [0.05, 0.1) is 26.0 Å². The van der Waals surface area contributed by atoms with E-state index in [4.69, 9.17) is 18.0 Å². The quantitative estimate of drug-likeness (QED) is 0.544. The van der Waals surface area contributed by atoms with Gasteiger partial charge in [0.2, 0.25) is 0 Å². The Labute approximate surface area is 134 Å². The van der Waals surface area contributed by atoms with Crippen LogP contribution in [0.3, 0.4) is 0 Å². The normalized spacial score (nSPS) is 10.8. The number of halogens is 1. The van der Waals surface area contributed by atoms with Crippen LogP contribution in [0.1, 0.15) is 5.82 Å². The van der Waals surface area contributed by atoms with E-state index >= 15 is 0 Å². The third-order valence-electron chi connectivity index (χ3n) is 2.82. The zero-order valence-electron chi connectivity index (χ0n) is 10.3. The molecule has 2 aromatic heterocycles. The lowest BCUT2D eigenvalue weighted by molar-refractivity contribution is 0.912. The molecule has 0 aliphatic carbocycles. The van der Waals surface area contributed by atoms with Gasteiger partial charge < -0.3 is 5.73 Å². The summed E-state index contributed by atoms with van der Waals surface area (Å²) in [4.78, 5) is 13.4. The summed E-state index contributed by atoms with van der Waals surface area (Å²) in [6, 6.07) is 7.89. The van der Waals surface area contributed by atoms with Crippen LogP contribution in [0.5, 0.6) is 0 Å². The van der Waals surface area contributed by atoms with Gasteiger partial charge >= 0.3 is 0 Å². The molecule has 0 saturated heterocycles. The van der Waals surface area contributed by atoms with Gasteiger partial charge in [-0.25, -0.2) is 15.0 Å². The zero-order valence-corrected chi connectivity index (χ0v) is 13.3. The number of hydrogen-bond acceptors (Lipinski definition) is 4. The van der Waals surface area contributed by atoms with E-state index in [0.717, 1.165) is 26.2 Å². The van der Waals surface area contributed by atoms with Gasteiger partial charge in [0, 0.05) is 6.20 Å². The highest BCUT2D eigenvalue weighted by molar-refractivity contribution is 14.1. The highest BCUT2D eigenvalue weighted by atomic mass is 127. The Morgan fingerprint density at radius 2 is 2.15 bits per heavy atom. The number of para-hydroxylation sites is 2. The van der Waals surface area contributed by atoms with Crippen molar-refractivity contribution >= 4 is 50.8 Å². The van der Waals surface area contributed by atoms with Crippen molar-refractivity contribution in [2.75, 3.05) is 0 Å². The molecule has 0 saturated carbocycles. The van der Waals surface area contributed by atoms with Crippen molar-refractivity contribution < 1.29 is 0 Å². The Morgan fingerprint density at radius 1 is 1.35 bits per heavy atom. The lowest BCUT2D eigenvalue weighted by atomic mass is 10.3. The van der Waals surface area contributed by atoms with Gasteiger partial charge in [0.1, 0.15) is 12.2 Å². The fourth-order valence-electron chi connectivity index (χ4n) is 2.06. The minimum absolute atomic E-state index is 0.408. The summed E-state index contributed by atoms with van der Waals surface area (Å²) in [7, 11) is 0. The molecule has 5 nitrogen and oxygen atoms in total. The van der Waals surface area contributed by atoms with E-state index < -0.39 is 0 Å². The number of benzene rings is 1. The van der Waals surface area contributed by atoms with Crippen molar-refractivity contribution in [1.29, 1.82) is 0 Å². The van der Waals surface area contributed by atoms with Crippen LogP contribution in [-0.4, -0.2) is 24.5 Å². The second-order valence-electron chi connectivity index (χ2n) is 4.19. The largest absolute Gasteiger partial charge is 0.393 e. The molecule has 3 rings (SSSR count). The summed E-state index contributed by atoms with van der Waals surface area (Å²) >= 11 is 7.22. The average molecular weight is 395 g/mol. The van der Waals surface area contributed by atoms with E-state index in [1.54, 1.807) is 6.20 Å². The molecule has 0 aliphatic rings. The molecule has 2 heterocycles. The maximum atomic E-state index is 5.67. The number of hydrogen-bond donors (Lipinski definition) is 1. The fourth-order valence-corrected chi connectivity index (χ4v) is 2.73. The van der Waals surface area contributed by atoms with Crippen LogP contribution in [0.15, 0.2) is 36.8 Å². The summed E-state index contributed by atoms with van der Waals surface area (Å²) in [5, 5.41) is 0. The lowest BCUT2D eigenvalue weighted by Gasteiger charge is -2.09. The van der Waals surface area contributed by atoms with Gasteiger partial charge in [-0.1, -0.05) is 24.4 Å². The van der Waals surface area contributed by atoms with Crippen LogP contribution >= 0.6 is 34.8 Å². The molecular weight excluding hydrogens is 385 g/mol. The summed E-state index contributed by atoms with van der Waals surface area (Å²) in [6.45, 7) is 0. The summed E-state index contributed by atoms with van der Waals surface area (Å²) in [5.74, 6) is 1.58. The zero-order chi connectivity index (χ0) is 14.1. The summed E-state index contributed by atoms with van der Waals surface area (Å²) in [5.41, 5.74) is 7.55. The molecule has 0 atom stereocenters. The molecular formula is C13H10IN5S. The number of imidazole rings is 1. The molecule has 0 bridgehead atoms. The van der Waals surface area contributed by atoms with E-state index in [2.05, 4.69) is 37.5 Å². The Balaban J connectivity index is 2.31. The third kappa shape index (κ3) is 2.38. The van der Waals surface area contributed by atoms with Crippen LogP contribution in [0, 0.1) is 3.57 Å². The van der Waals surface area contributed by atoms with Gasteiger partial charge in [-0.2, -0.15) is 0 Å². The molecule has 0 spiro atoms.